The van der Waals surface area contributed by atoms with Gasteiger partial charge in [0.2, 0.25) is 5.91 Å². The van der Waals surface area contributed by atoms with Crippen molar-refractivity contribution < 1.29 is 4.79 Å². The van der Waals surface area contributed by atoms with E-state index in [4.69, 9.17) is 0 Å². The summed E-state index contributed by atoms with van der Waals surface area (Å²) in [5, 5.41) is 3.02. The Hall–Kier alpha value is -2.09. The summed E-state index contributed by atoms with van der Waals surface area (Å²) in [5.74, 6) is 0.475. The van der Waals surface area contributed by atoms with Gasteiger partial charge < -0.3 is 5.32 Å². The van der Waals surface area contributed by atoms with E-state index in [0.29, 0.717) is 12.3 Å². The normalized spacial score (nSPS) is 10.6. The third-order valence-corrected chi connectivity index (χ3v) is 3.34. The van der Waals surface area contributed by atoms with E-state index in [1.54, 1.807) is 0 Å². The number of para-hydroxylation sites is 1. The number of benzene rings is 2. The van der Waals surface area contributed by atoms with Crippen molar-refractivity contribution >= 4 is 11.6 Å². The van der Waals surface area contributed by atoms with Crippen LogP contribution in [0.3, 0.4) is 0 Å². The lowest BCUT2D eigenvalue weighted by molar-refractivity contribution is -0.116. The first-order chi connectivity index (χ1) is 9.66. The molecule has 20 heavy (non-hydrogen) atoms. The third kappa shape index (κ3) is 3.95. The number of hydrogen-bond donors (Lipinski definition) is 1. The van der Waals surface area contributed by atoms with Crippen molar-refractivity contribution in [1.29, 1.82) is 0 Å². The smallest absolute Gasteiger partial charge is 0.224 e. The fourth-order valence-electron chi connectivity index (χ4n) is 2.23. The van der Waals surface area contributed by atoms with Gasteiger partial charge in [-0.2, -0.15) is 0 Å². The maximum atomic E-state index is 12.0. The van der Waals surface area contributed by atoms with Gasteiger partial charge in [-0.25, -0.2) is 0 Å². The molecule has 0 fully saturated rings. The summed E-state index contributed by atoms with van der Waals surface area (Å²) < 4.78 is 0. The molecule has 104 valence electrons. The van der Waals surface area contributed by atoms with Crippen LogP contribution in [0.5, 0.6) is 0 Å². The van der Waals surface area contributed by atoms with Gasteiger partial charge >= 0.3 is 0 Å². The zero-order valence-electron chi connectivity index (χ0n) is 12.1. The van der Waals surface area contributed by atoms with Crippen molar-refractivity contribution in [2.75, 3.05) is 5.32 Å². The predicted octanol–water partition coefficient (Wildman–Crippen LogP) is 4.38. The number of hydrogen-bond acceptors (Lipinski definition) is 1. The largest absolute Gasteiger partial charge is 0.326 e. The van der Waals surface area contributed by atoms with Crippen molar-refractivity contribution in [3.05, 3.63) is 65.7 Å². The van der Waals surface area contributed by atoms with Crippen LogP contribution in [-0.2, 0) is 11.2 Å². The molecule has 2 heteroatoms. The van der Waals surface area contributed by atoms with Gasteiger partial charge in [0.15, 0.2) is 0 Å². The van der Waals surface area contributed by atoms with Gasteiger partial charge in [0.05, 0.1) is 0 Å². The molecule has 1 N–H and O–H groups in total. The molecule has 0 atom stereocenters. The molecular weight excluding hydrogens is 246 g/mol. The topological polar surface area (TPSA) is 29.1 Å². The van der Waals surface area contributed by atoms with E-state index in [1.807, 2.05) is 36.4 Å². The lowest BCUT2D eigenvalue weighted by atomic mass is 10.0. The molecule has 1 amide bonds. The summed E-state index contributed by atoms with van der Waals surface area (Å²) in [6.45, 7) is 4.27. The summed E-state index contributed by atoms with van der Waals surface area (Å²) >= 11 is 0. The van der Waals surface area contributed by atoms with Gasteiger partial charge in [-0.3, -0.25) is 4.79 Å². The van der Waals surface area contributed by atoms with Crippen LogP contribution < -0.4 is 5.32 Å². The average molecular weight is 267 g/mol. The molecule has 0 aliphatic heterocycles. The van der Waals surface area contributed by atoms with Crippen LogP contribution in [0.4, 0.5) is 5.69 Å². The third-order valence-electron chi connectivity index (χ3n) is 3.34. The molecule has 0 heterocycles. The summed E-state index contributed by atoms with van der Waals surface area (Å²) in [6.07, 6.45) is 1.28. The quantitative estimate of drug-likeness (QED) is 0.855. The molecule has 0 aliphatic rings. The number of nitrogens with one attached hydrogen (secondary N) is 1. The molecule has 0 aliphatic carbocycles. The first-order valence-corrected chi connectivity index (χ1v) is 7.09. The molecule has 2 aromatic rings. The highest BCUT2D eigenvalue weighted by Gasteiger charge is 2.09. The van der Waals surface area contributed by atoms with Crippen molar-refractivity contribution in [2.45, 2.75) is 32.6 Å². The molecule has 2 rings (SSSR count). The molecule has 0 unspecified atom stereocenters. The van der Waals surface area contributed by atoms with Gasteiger partial charge in [0.1, 0.15) is 0 Å². The van der Waals surface area contributed by atoms with Crippen LogP contribution in [0.1, 0.15) is 37.3 Å². The van der Waals surface area contributed by atoms with Crippen LogP contribution in [0, 0.1) is 0 Å². The number of amides is 1. The standard InChI is InChI=1S/C18H21NO/c1-14(2)16-10-6-7-11-17(16)19-18(20)13-12-15-8-4-3-5-9-15/h3-11,14H,12-13H2,1-2H3,(H,19,20). The molecule has 0 radical (unpaired) electrons. The highest BCUT2D eigenvalue weighted by Crippen LogP contribution is 2.23. The Morgan fingerprint density at radius 2 is 1.65 bits per heavy atom. The zero-order chi connectivity index (χ0) is 14.4. The van der Waals surface area contributed by atoms with Crippen LogP contribution in [-0.4, -0.2) is 5.91 Å². The molecular formula is C18H21NO. The van der Waals surface area contributed by atoms with Gasteiger partial charge in [-0.1, -0.05) is 62.4 Å². The Balaban J connectivity index is 1.95. The van der Waals surface area contributed by atoms with Gasteiger partial charge in [-0.15, -0.1) is 0 Å². The fourth-order valence-corrected chi connectivity index (χ4v) is 2.23. The number of anilines is 1. The monoisotopic (exact) mass is 267 g/mol. The van der Waals surface area contributed by atoms with Gasteiger partial charge in [0, 0.05) is 12.1 Å². The maximum Gasteiger partial charge on any atom is 0.224 e. The van der Waals surface area contributed by atoms with Crippen molar-refractivity contribution in [2.24, 2.45) is 0 Å². The Morgan fingerprint density at radius 3 is 2.35 bits per heavy atom. The van der Waals surface area contributed by atoms with E-state index in [0.717, 1.165) is 12.1 Å². The van der Waals surface area contributed by atoms with E-state index in [-0.39, 0.29) is 5.91 Å². The Bertz CT molecular complexity index is 561. The second kappa shape index (κ2) is 6.90. The summed E-state index contributed by atoms with van der Waals surface area (Å²) in [6, 6.07) is 18.1. The summed E-state index contributed by atoms with van der Waals surface area (Å²) in [4.78, 5) is 12.0. The van der Waals surface area contributed by atoms with Crippen molar-refractivity contribution in [3.63, 3.8) is 0 Å². The maximum absolute atomic E-state index is 12.0. The molecule has 2 nitrogen and oxygen atoms in total. The molecule has 0 spiro atoms. The van der Waals surface area contributed by atoms with E-state index in [1.165, 1.54) is 11.1 Å². The molecule has 0 aromatic heterocycles. The average Bonchev–Trinajstić information content (AvgIpc) is 2.46. The van der Waals surface area contributed by atoms with Crippen LogP contribution >= 0.6 is 0 Å². The van der Waals surface area contributed by atoms with E-state index in [9.17, 15) is 4.79 Å². The Morgan fingerprint density at radius 1 is 1.00 bits per heavy atom. The SMILES string of the molecule is CC(C)c1ccccc1NC(=O)CCc1ccccc1. The minimum Gasteiger partial charge on any atom is -0.326 e. The highest BCUT2D eigenvalue weighted by molar-refractivity contribution is 5.91. The minimum atomic E-state index is 0.0713. The van der Waals surface area contributed by atoms with Crippen LogP contribution in [0.15, 0.2) is 54.6 Å². The van der Waals surface area contributed by atoms with E-state index < -0.39 is 0 Å². The van der Waals surface area contributed by atoms with Crippen molar-refractivity contribution in [1.82, 2.24) is 0 Å². The lowest BCUT2D eigenvalue weighted by Gasteiger charge is -2.13. The second-order valence-electron chi connectivity index (χ2n) is 5.28. The van der Waals surface area contributed by atoms with Gasteiger partial charge in [-0.05, 0) is 29.5 Å². The van der Waals surface area contributed by atoms with Gasteiger partial charge in [0.25, 0.3) is 0 Å². The number of carbonyl (C=O) groups is 1. The van der Waals surface area contributed by atoms with Crippen molar-refractivity contribution in [3.8, 4) is 0 Å². The highest BCUT2D eigenvalue weighted by atomic mass is 16.1. The van der Waals surface area contributed by atoms with Crippen LogP contribution in [0.25, 0.3) is 0 Å². The second-order valence-corrected chi connectivity index (χ2v) is 5.28. The first kappa shape index (κ1) is 14.3. The fraction of sp³-hybridized carbons (Fsp3) is 0.278. The molecule has 0 bridgehead atoms. The van der Waals surface area contributed by atoms with Crippen LogP contribution in [0.2, 0.25) is 0 Å². The lowest BCUT2D eigenvalue weighted by Crippen LogP contribution is -2.14. The number of rotatable bonds is 5. The summed E-state index contributed by atoms with van der Waals surface area (Å²) in [7, 11) is 0. The Labute approximate surface area is 120 Å². The molecule has 0 saturated carbocycles. The van der Waals surface area contributed by atoms with E-state index in [2.05, 4.69) is 37.4 Å². The first-order valence-electron chi connectivity index (χ1n) is 7.09. The van der Waals surface area contributed by atoms with E-state index >= 15 is 0 Å². The number of carbonyl (C=O) groups excluding carboxylic acids is 1. The Kier molecular flexibility index (Phi) is 4.94. The molecule has 0 saturated heterocycles. The number of aryl methyl sites for hydroxylation is 1. The zero-order valence-corrected chi connectivity index (χ0v) is 12.1. The molecule has 2 aromatic carbocycles. The summed E-state index contributed by atoms with van der Waals surface area (Å²) in [5.41, 5.74) is 3.31. The minimum absolute atomic E-state index is 0.0713. The predicted molar refractivity (Wildman–Crippen MR) is 83.9 cm³/mol.